The van der Waals surface area contributed by atoms with Crippen LogP contribution in [-0.2, 0) is 33.5 Å². The minimum Gasteiger partial charge on any atom is -0.289 e. The Hall–Kier alpha value is -1.32. The molecule has 1 aliphatic rings. The zero-order valence-electron chi connectivity index (χ0n) is 11.6. The molecule has 2 aromatic carbocycles. The molecule has 2 aromatic rings. The summed E-state index contributed by atoms with van der Waals surface area (Å²) in [6.07, 6.45) is 1.87. The number of rotatable bonds is 2. The second-order valence-corrected chi connectivity index (χ2v) is 7.32. The molecule has 0 aromatic heterocycles. The molecule has 1 aliphatic heterocycles. The highest BCUT2D eigenvalue weighted by Crippen LogP contribution is 2.35. The Labute approximate surface area is 126 Å². The van der Waals surface area contributed by atoms with Crippen LogP contribution in [0.3, 0.4) is 0 Å². The summed E-state index contributed by atoms with van der Waals surface area (Å²) in [4.78, 5) is 14.8. The van der Waals surface area contributed by atoms with Gasteiger partial charge in [0.2, 0.25) is 0 Å². The fourth-order valence-electron chi connectivity index (χ4n) is 2.68. The van der Waals surface area contributed by atoms with Crippen molar-refractivity contribution in [3.63, 3.8) is 0 Å². The summed E-state index contributed by atoms with van der Waals surface area (Å²) in [5, 5.41) is 0. The molecule has 0 N–H and O–H groups in total. The maximum Gasteiger partial charge on any atom is 0.195 e. The highest BCUT2D eigenvalue weighted by molar-refractivity contribution is 8.29. The first kappa shape index (κ1) is 13.7. The second kappa shape index (κ2) is 5.23. The molecule has 20 heavy (non-hydrogen) atoms. The number of hydrogen-bond donors (Lipinski definition) is 0. The second-order valence-electron chi connectivity index (χ2n) is 4.93. The van der Waals surface area contributed by atoms with Gasteiger partial charge in [-0.15, -0.1) is 0 Å². The zero-order chi connectivity index (χ0) is 14.3. The molecule has 0 saturated heterocycles. The molecule has 0 aliphatic carbocycles. The quantitative estimate of drug-likeness (QED) is 0.715. The van der Waals surface area contributed by atoms with Gasteiger partial charge in [-0.05, 0) is 53.4 Å². The van der Waals surface area contributed by atoms with E-state index in [4.69, 9.17) is 11.2 Å². The van der Waals surface area contributed by atoms with E-state index in [2.05, 4.69) is 19.9 Å². The molecule has 1 unspecified atom stereocenters. The summed E-state index contributed by atoms with van der Waals surface area (Å²) in [7, 11) is -0.420. The summed E-state index contributed by atoms with van der Waals surface area (Å²) in [5.74, 6) is 0.134. The van der Waals surface area contributed by atoms with Crippen molar-refractivity contribution in [2.75, 3.05) is 0 Å². The number of ketones is 1. The molecule has 1 atom stereocenters. The maximum atomic E-state index is 12.7. The van der Waals surface area contributed by atoms with E-state index in [0.29, 0.717) is 0 Å². The van der Waals surface area contributed by atoms with E-state index in [1.54, 1.807) is 0 Å². The van der Waals surface area contributed by atoms with Gasteiger partial charge in [0, 0.05) is 20.9 Å². The lowest BCUT2D eigenvalue weighted by molar-refractivity contribution is 0.103. The van der Waals surface area contributed by atoms with E-state index in [-0.39, 0.29) is 5.78 Å². The molecule has 1 nitrogen and oxygen atoms in total. The van der Waals surface area contributed by atoms with Crippen LogP contribution in [0.15, 0.2) is 46.2 Å². The molecule has 102 valence electrons. The molecule has 0 radical (unpaired) electrons. The Bertz CT molecular complexity index is 732. The van der Waals surface area contributed by atoms with Gasteiger partial charge in [0.05, 0.1) is 0 Å². The van der Waals surface area contributed by atoms with Crippen LogP contribution in [0.2, 0.25) is 0 Å². The predicted octanol–water partition coefficient (Wildman–Crippen LogP) is 3.85. The van der Waals surface area contributed by atoms with Crippen molar-refractivity contribution in [2.45, 2.75) is 36.5 Å². The van der Waals surface area contributed by atoms with E-state index < -0.39 is 9.45 Å². The summed E-state index contributed by atoms with van der Waals surface area (Å²) < 4.78 is 0. The van der Waals surface area contributed by atoms with Crippen molar-refractivity contribution in [2.24, 2.45) is 0 Å². The first-order chi connectivity index (χ1) is 9.67. The first-order valence-corrected chi connectivity index (χ1v) is 9.03. The maximum absolute atomic E-state index is 12.7. The lowest BCUT2D eigenvalue weighted by Crippen LogP contribution is -2.18. The van der Waals surface area contributed by atoms with E-state index in [1.807, 2.05) is 30.3 Å². The zero-order valence-corrected chi connectivity index (χ0v) is 13.2. The van der Waals surface area contributed by atoms with Gasteiger partial charge in [-0.1, -0.05) is 41.5 Å². The lowest BCUT2D eigenvalue weighted by atomic mass is 9.96. The Kier molecular flexibility index (Phi) is 3.57. The van der Waals surface area contributed by atoms with Gasteiger partial charge in [-0.3, -0.25) is 4.79 Å². The summed E-state index contributed by atoms with van der Waals surface area (Å²) >= 11 is 5.76. The molecule has 0 amide bonds. The van der Waals surface area contributed by atoms with Gasteiger partial charge in [0.1, 0.15) is 0 Å². The van der Waals surface area contributed by atoms with E-state index in [0.717, 1.165) is 33.8 Å². The van der Waals surface area contributed by atoms with Crippen LogP contribution in [0.25, 0.3) is 0 Å². The van der Waals surface area contributed by atoms with Crippen LogP contribution in [-0.4, -0.2) is 5.78 Å². The van der Waals surface area contributed by atoms with Crippen molar-refractivity contribution >= 4 is 26.4 Å². The van der Waals surface area contributed by atoms with Crippen LogP contribution < -0.4 is 0 Å². The molecule has 0 saturated carbocycles. The van der Waals surface area contributed by atoms with Crippen LogP contribution in [0, 0.1) is 0 Å². The third-order valence-corrected chi connectivity index (χ3v) is 6.42. The largest absolute Gasteiger partial charge is 0.289 e. The molecule has 0 fully saturated rings. The highest BCUT2D eigenvalue weighted by atomic mass is 32.8. The van der Waals surface area contributed by atoms with Crippen molar-refractivity contribution in [3.8, 4) is 0 Å². The molecule has 1 heterocycles. The smallest absolute Gasteiger partial charge is 0.195 e. The molecular formula is C17H16OS2. The van der Waals surface area contributed by atoms with E-state index in [1.165, 1.54) is 11.1 Å². The van der Waals surface area contributed by atoms with Crippen LogP contribution in [0.5, 0.6) is 0 Å². The third-order valence-electron chi connectivity index (χ3n) is 3.78. The van der Waals surface area contributed by atoms with Gasteiger partial charge in [0.25, 0.3) is 0 Å². The van der Waals surface area contributed by atoms with E-state index >= 15 is 0 Å². The SMILES string of the molecule is CCc1cc(CC)c2c(c1)C(=O)c1ccccc1S2=S. The van der Waals surface area contributed by atoms with Crippen molar-refractivity contribution < 1.29 is 4.79 Å². The van der Waals surface area contributed by atoms with Crippen molar-refractivity contribution in [1.29, 1.82) is 0 Å². The summed E-state index contributed by atoms with van der Waals surface area (Å²) in [6.45, 7) is 4.25. The van der Waals surface area contributed by atoms with Gasteiger partial charge in [-0.2, -0.15) is 0 Å². The van der Waals surface area contributed by atoms with Crippen molar-refractivity contribution in [3.05, 3.63) is 58.7 Å². The first-order valence-electron chi connectivity index (χ1n) is 6.88. The Balaban J connectivity index is 2.32. The van der Waals surface area contributed by atoms with Crippen LogP contribution in [0.1, 0.15) is 40.9 Å². The minimum absolute atomic E-state index is 0.134. The topological polar surface area (TPSA) is 17.1 Å². The van der Waals surface area contributed by atoms with Crippen LogP contribution >= 0.6 is 0 Å². The van der Waals surface area contributed by atoms with Crippen molar-refractivity contribution in [1.82, 2.24) is 0 Å². The van der Waals surface area contributed by atoms with Gasteiger partial charge in [0.15, 0.2) is 5.78 Å². The monoisotopic (exact) mass is 300 g/mol. The lowest BCUT2D eigenvalue weighted by Gasteiger charge is -2.23. The highest BCUT2D eigenvalue weighted by Gasteiger charge is 2.28. The number of hydrogen-bond acceptors (Lipinski definition) is 2. The van der Waals surface area contributed by atoms with Gasteiger partial charge < -0.3 is 0 Å². The molecule has 0 spiro atoms. The van der Waals surface area contributed by atoms with Gasteiger partial charge >= 0.3 is 0 Å². The third kappa shape index (κ3) is 1.97. The number of carbonyl (C=O) groups excluding carboxylic acids is 1. The fourth-order valence-corrected chi connectivity index (χ4v) is 5.28. The number of fused-ring (bicyclic) bond motifs is 2. The number of benzene rings is 2. The summed E-state index contributed by atoms with van der Waals surface area (Å²) in [5.41, 5.74) is 4.08. The van der Waals surface area contributed by atoms with Crippen LogP contribution in [0.4, 0.5) is 0 Å². The molecule has 0 bridgehead atoms. The average Bonchev–Trinajstić information content (AvgIpc) is 2.51. The Morgan fingerprint density at radius 2 is 1.80 bits per heavy atom. The molecule has 3 rings (SSSR count). The normalized spacial score (nSPS) is 16.7. The van der Waals surface area contributed by atoms with E-state index in [9.17, 15) is 4.79 Å². The fraction of sp³-hybridized carbons (Fsp3) is 0.235. The average molecular weight is 300 g/mol. The van der Waals surface area contributed by atoms with Gasteiger partial charge in [-0.25, -0.2) is 0 Å². The Morgan fingerprint density at radius 3 is 2.50 bits per heavy atom. The Morgan fingerprint density at radius 1 is 1.05 bits per heavy atom. The summed E-state index contributed by atoms with van der Waals surface area (Å²) in [6, 6.07) is 12.0. The molecular weight excluding hydrogens is 284 g/mol. The standard InChI is InChI=1S/C17H16OS2/c1-3-11-9-12(4-2)17-14(10-11)16(18)13-7-5-6-8-15(13)20(17)19/h5-10H,3-4H2,1-2H3. The number of carbonyl (C=O) groups is 1. The number of aryl methyl sites for hydroxylation is 2. The molecule has 3 heteroatoms. The minimum atomic E-state index is -0.420. The predicted molar refractivity (Wildman–Crippen MR) is 86.3 cm³/mol.